The monoisotopic (exact) mass is 314 g/mol. The molecular formula is C19H19FO3. The van der Waals surface area contributed by atoms with E-state index in [0.717, 1.165) is 5.75 Å². The Morgan fingerprint density at radius 3 is 2.39 bits per heavy atom. The van der Waals surface area contributed by atoms with E-state index in [1.165, 1.54) is 25.3 Å². The van der Waals surface area contributed by atoms with Crippen molar-refractivity contribution in [2.45, 2.75) is 20.0 Å². The first-order valence-corrected chi connectivity index (χ1v) is 7.32. The van der Waals surface area contributed by atoms with E-state index in [1.54, 1.807) is 36.4 Å². The van der Waals surface area contributed by atoms with Crippen LogP contribution in [0.5, 0.6) is 11.5 Å². The molecule has 120 valence electrons. The van der Waals surface area contributed by atoms with Gasteiger partial charge in [0.15, 0.2) is 17.3 Å². The number of carbonyl (C=O) groups excluding carboxylic acids is 1. The van der Waals surface area contributed by atoms with Crippen LogP contribution in [0.2, 0.25) is 0 Å². The van der Waals surface area contributed by atoms with Gasteiger partial charge in [-0.1, -0.05) is 12.1 Å². The second-order valence-electron chi connectivity index (χ2n) is 5.28. The molecule has 0 bridgehead atoms. The lowest BCUT2D eigenvalue weighted by atomic mass is 10.1. The summed E-state index contributed by atoms with van der Waals surface area (Å²) >= 11 is 0. The maximum Gasteiger partial charge on any atom is 0.185 e. The van der Waals surface area contributed by atoms with Gasteiger partial charge in [0.05, 0.1) is 13.2 Å². The van der Waals surface area contributed by atoms with Crippen molar-refractivity contribution in [3.63, 3.8) is 0 Å². The highest BCUT2D eigenvalue weighted by atomic mass is 19.1. The van der Waals surface area contributed by atoms with Crippen molar-refractivity contribution in [1.29, 1.82) is 0 Å². The standard InChI is InChI=1S/C19H19FO3/c1-13(2)23-16-8-6-15(7-9-16)18(21)10-4-14-5-11-19(22-3)17(20)12-14/h4-13H,1-3H3/b10-4+. The van der Waals surface area contributed by atoms with Crippen LogP contribution < -0.4 is 9.47 Å². The van der Waals surface area contributed by atoms with Crippen LogP contribution in [0.4, 0.5) is 4.39 Å². The highest BCUT2D eigenvalue weighted by Gasteiger charge is 2.05. The molecule has 2 rings (SSSR count). The van der Waals surface area contributed by atoms with Crippen LogP contribution >= 0.6 is 0 Å². The molecule has 0 spiro atoms. The summed E-state index contributed by atoms with van der Waals surface area (Å²) in [6, 6.07) is 11.5. The van der Waals surface area contributed by atoms with E-state index in [2.05, 4.69) is 0 Å². The summed E-state index contributed by atoms with van der Waals surface area (Å²) in [4.78, 5) is 12.1. The summed E-state index contributed by atoms with van der Waals surface area (Å²) in [6.45, 7) is 3.88. The second-order valence-corrected chi connectivity index (χ2v) is 5.28. The minimum absolute atomic E-state index is 0.0846. The number of hydrogen-bond donors (Lipinski definition) is 0. The van der Waals surface area contributed by atoms with E-state index in [-0.39, 0.29) is 17.6 Å². The molecule has 0 amide bonds. The van der Waals surface area contributed by atoms with E-state index in [1.807, 2.05) is 13.8 Å². The lowest BCUT2D eigenvalue weighted by Gasteiger charge is -2.09. The van der Waals surface area contributed by atoms with Crippen molar-refractivity contribution in [2.75, 3.05) is 7.11 Å². The fourth-order valence-electron chi connectivity index (χ4n) is 2.02. The quantitative estimate of drug-likeness (QED) is 0.581. The molecule has 23 heavy (non-hydrogen) atoms. The summed E-state index contributed by atoms with van der Waals surface area (Å²) in [5.74, 6) is 0.279. The molecule has 0 saturated carbocycles. The van der Waals surface area contributed by atoms with E-state index < -0.39 is 5.82 Å². The Balaban J connectivity index is 2.07. The minimum atomic E-state index is -0.461. The first-order chi connectivity index (χ1) is 11.0. The SMILES string of the molecule is COc1ccc(/C=C/C(=O)c2ccc(OC(C)C)cc2)cc1F. The van der Waals surface area contributed by atoms with Crippen LogP contribution in [0.1, 0.15) is 29.8 Å². The van der Waals surface area contributed by atoms with Gasteiger partial charge in [0.25, 0.3) is 0 Å². The number of halogens is 1. The molecule has 0 aliphatic heterocycles. The van der Waals surface area contributed by atoms with Crippen molar-refractivity contribution < 1.29 is 18.7 Å². The van der Waals surface area contributed by atoms with Crippen LogP contribution in [-0.2, 0) is 0 Å². The smallest absolute Gasteiger partial charge is 0.185 e. The van der Waals surface area contributed by atoms with Gasteiger partial charge in [-0.05, 0) is 61.9 Å². The average Bonchev–Trinajstić information content (AvgIpc) is 2.53. The predicted molar refractivity (Wildman–Crippen MR) is 88.5 cm³/mol. The van der Waals surface area contributed by atoms with E-state index >= 15 is 0 Å². The Labute approximate surface area is 135 Å². The minimum Gasteiger partial charge on any atom is -0.494 e. The maximum absolute atomic E-state index is 13.6. The Morgan fingerprint density at radius 1 is 1.13 bits per heavy atom. The third-order valence-corrected chi connectivity index (χ3v) is 3.11. The molecule has 0 unspecified atom stereocenters. The van der Waals surface area contributed by atoms with Crippen LogP contribution in [0.3, 0.4) is 0 Å². The number of benzene rings is 2. The van der Waals surface area contributed by atoms with Gasteiger partial charge < -0.3 is 9.47 Å². The predicted octanol–water partition coefficient (Wildman–Crippen LogP) is 4.52. The van der Waals surface area contributed by atoms with E-state index in [9.17, 15) is 9.18 Å². The summed E-state index contributed by atoms with van der Waals surface area (Å²) in [7, 11) is 1.41. The van der Waals surface area contributed by atoms with Crippen molar-refractivity contribution in [1.82, 2.24) is 0 Å². The topological polar surface area (TPSA) is 35.5 Å². The molecule has 0 aliphatic rings. The molecule has 2 aromatic carbocycles. The van der Waals surface area contributed by atoms with Gasteiger partial charge in [0, 0.05) is 5.56 Å². The summed E-state index contributed by atoms with van der Waals surface area (Å²) in [5.41, 5.74) is 1.14. The van der Waals surface area contributed by atoms with Gasteiger partial charge in [-0.15, -0.1) is 0 Å². The molecule has 3 nitrogen and oxygen atoms in total. The molecule has 2 aromatic rings. The molecule has 0 saturated heterocycles. The van der Waals surface area contributed by atoms with E-state index in [4.69, 9.17) is 9.47 Å². The lowest BCUT2D eigenvalue weighted by molar-refractivity contribution is 0.104. The van der Waals surface area contributed by atoms with Gasteiger partial charge in [-0.2, -0.15) is 0 Å². The Kier molecular flexibility index (Phi) is 5.52. The molecule has 4 heteroatoms. The maximum atomic E-state index is 13.6. The normalized spacial score (nSPS) is 11.0. The Bertz CT molecular complexity index is 703. The lowest BCUT2D eigenvalue weighted by Crippen LogP contribution is -2.05. The molecule has 0 aliphatic carbocycles. The number of ketones is 1. The molecule has 0 radical (unpaired) electrons. The van der Waals surface area contributed by atoms with Crippen LogP contribution in [0.15, 0.2) is 48.5 Å². The van der Waals surface area contributed by atoms with Crippen LogP contribution in [0.25, 0.3) is 6.08 Å². The zero-order chi connectivity index (χ0) is 16.8. The highest BCUT2D eigenvalue weighted by Crippen LogP contribution is 2.19. The van der Waals surface area contributed by atoms with Crippen molar-refractivity contribution in [2.24, 2.45) is 0 Å². The number of methoxy groups -OCH3 is 1. The van der Waals surface area contributed by atoms with Gasteiger partial charge in [0.1, 0.15) is 5.75 Å². The fourth-order valence-corrected chi connectivity index (χ4v) is 2.02. The van der Waals surface area contributed by atoms with E-state index in [0.29, 0.717) is 11.1 Å². The molecule has 0 atom stereocenters. The molecule has 0 heterocycles. The first-order valence-electron chi connectivity index (χ1n) is 7.32. The van der Waals surface area contributed by atoms with Gasteiger partial charge >= 0.3 is 0 Å². The molecule has 0 fully saturated rings. The number of rotatable bonds is 6. The Morgan fingerprint density at radius 2 is 1.83 bits per heavy atom. The van der Waals surface area contributed by atoms with Gasteiger partial charge in [-0.3, -0.25) is 4.79 Å². The van der Waals surface area contributed by atoms with Crippen LogP contribution in [-0.4, -0.2) is 19.0 Å². The zero-order valence-electron chi connectivity index (χ0n) is 13.4. The zero-order valence-corrected chi connectivity index (χ0v) is 13.4. The fraction of sp³-hybridized carbons (Fsp3) is 0.211. The van der Waals surface area contributed by atoms with Crippen molar-refractivity contribution in [3.05, 3.63) is 65.5 Å². The summed E-state index contributed by atoms with van der Waals surface area (Å²) < 4.78 is 24.0. The number of hydrogen-bond acceptors (Lipinski definition) is 3. The Hall–Kier alpha value is -2.62. The second kappa shape index (κ2) is 7.58. The van der Waals surface area contributed by atoms with Gasteiger partial charge in [0.2, 0.25) is 0 Å². The van der Waals surface area contributed by atoms with Crippen molar-refractivity contribution >= 4 is 11.9 Å². The summed E-state index contributed by atoms with van der Waals surface area (Å²) in [5, 5.41) is 0. The largest absolute Gasteiger partial charge is 0.494 e. The first kappa shape index (κ1) is 16.7. The molecule has 0 N–H and O–H groups in total. The average molecular weight is 314 g/mol. The van der Waals surface area contributed by atoms with Gasteiger partial charge in [-0.25, -0.2) is 4.39 Å². The third-order valence-electron chi connectivity index (χ3n) is 3.11. The highest BCUT2D eigenvalue weighted by molar-refractivity contribution is 6.06. The van der Waals surface area contributed by atoms with Crippen LogP contribution in [0, 0.1) is 5.82 Å². The molecular weight excluding hydrogens is 295 g/mol. The number of carbonyl (C=O) groups is 1. The number of ether oxygens (including phenoxy) is 2. The summed E-state index contributed by atoms with van der Waals surface area (Å²) in [6.07, 6.45) is 3.07. The van der Waals surface area contributed by atoms with Crippen molar-refractivity contribution in [3.8, 4) is 11.5 Å². The number of allylic oxidation sites excluding steroid dienone is 1. The third kappa shape index (κ3) is 4.68. The molecule has 0 aromatic heterocycles.